The maximum Gasteiger partial charge on any atom is 0.0786 e. The minimum atomic E-state index is 1.37. The highest BCUT2D eigenvalue weighted by molar-refractivity contribution is 4.54. The molecule has 0 aromatic rings. The van der Waals surface area contributed by atoms with Crippen molar-refractivity contribution in [1.82, 2.24) is 0 Å². The SMILES string of the molecule is CCCCCCCCCCC[N+](CCC)(CCCCCCCCCCC)CCCCCCCCCCC. The van der Waals surface area contributed by atoms with Gasteiger partial charge in [0.2, 0.25) is 0 Å². The average molecular weight is 523 g/mol. The summed E-state index contributed by atoms with van der Waals surface area (Å²) in [6, 6.07) is 0. The van der Waals surface area contributed by atoms with Crippen molar-refractivity contribution in [2.75, 3.05) is 26.2 Å². The summed E-state index contributed by atoms with van der Waals surface area (Å²) in [5, 5.41) is 0. The van der Waals surface area contributed by atoms with Gasteiger partial charge < -0.3 is 4.48 Å². The molecule has 0 aromatic heterocycles. The largest absolute Gasteiger partial charge is 0.324 e. The van der Waals surface area contributed by atoms with Crippen LogP contribution in [-0.4, -0.2) is 30.7 Å². The number of quaternary nitrogens is 1. The summed E-state index contributed by atoms with van der Waals surface area (Å²) in [4.78, 5) is 0. The fourth-order valence-corrected chi connectivity index (χ4v) is 6.42. The van der Waals surface area contributed by atoms with Crippen molar-refractivity contribution < 1.29 is 4.48 Å². The van der Waals surface area contributed by atoms with Crippen molar-refractivity contribution in [2.24, 2.45) is 0 Å². The molecule has 224 valence electrons. The Kier molecular flexibility index (Phi) is 30.5. The molecule has 0 aliphatic rings. The van der Waals surface area contributed by atoms with Crippen LogP contribution >= 0.6 is 0 Å². The highest BCUT2D eigenvalue weighted by Crippen LogP contribution is 2.20. The van der Waals surface area contributed by atoms with Crippen LogP contribution in [0.25, 0.3) is 0 Å². The standard InChI is InChI=1S/C36H76N/c1-5-9-12-15-18-21-24-27-30-34-37(33-8-4,35-31-28-25-22-19-16-13-10-6-2)36-32-29-26-23-20-17-14-11-7-3/h5-36H2,1-4H3/q+1. The molecule has 0 fully saturated rings. The van der Waals surface area contributed by atoms with Crippen molar-refractivity contribution in [3.63, 3.8) is 0 Å². The molecule has 0 heterocycles. The number of unbranched alkanes of at least 4 members (excludes halogenated alkanes) is 24. The van der Waals surface area contributed by atoms with Gasteiger partial charge in [0.05, 0.1) is 26.2 Å². The van der Waals surface area contributed by atoms with Crippen LogP contribution in [0.3, 0.4) is 0 Å². The van der Waals surface area contributed by atoms with E-state index in [9.17, 15) is 0 Å². The van der Waals surface area contributed by atoms with Crippen LogP contribution < -0.4 is 0 Å². The molecule has 1 nitrogen and oxygen atoms in total. The Morgan fingerprint density at radius 1 is 0.216 bits per heavy atom. The molecule has 0 unspecified atom stereocenters. The maximum absolute atomic E-state index is 2.44. The van der Waals surface area contributed by atoms with Gasteiger partial charge in [0.15, 0.2) is 0 Å². The van der Waals surface area contributed by atoms with Gasteiger partial charge in [-0.05, 0) is 44.9 Å². The topological polar surface area (TPSA) is 0 Å². The van der Waals surface area contributed by atoms with Crippen molar-refractivity contribution in [1.29, 1.82) is 0 Å². The molecule has 0 N–H and O–H groups in total. The Morgan fingerprint density at radius 3 is 0.649 bits per heavy atom. The summed E-state index contributed by atoms with van der Waals surface area (Å²) in [7, 11) is 0. The van der Waals surface area contributed by atoms with Crippen LogP contribution in [0.1, 0.15) is 207 Å². The zero-order chi connectivity index (χ0) is 27.1. The Bertz CT molecular complexity index is 348. The monoisotopic (exact) mass is 523 g/mol. The molecule has 0 aliphatic carbocycles. The van der Waals surface area contributed by atoms with Gasteiger partial charge in [-0.2, -0.15) is 0 Å². The first-order valence-corrected chi connectivity index (χ1v) is 18.1. The number of rotatable bonds is 32. The van der Waals surface area contributed by atoms with Gasteiger partial charge in [0.25, 0.3) is 0 Å². The number of hydrogen-bond acceptors (Lipinski definition) is 0. The third-order valence-electron chi connectivity index (χ3n) is 8.91. The van der Waals surface area contributed by atoms with Gasteiger partial charge in [0.1, 0.15) is 0 Å². The predicted molar refractivity (Wildman–Crippen MR) is 172 cm³/mol. The van der Waals surface area contributed by atoms with Crippen molar-refractivity contribution in [3.8, 4) is 0 Å². The lowest BCUT2D eigenvalue weighted by atomic mass is 10.0. The van der Waals surface area contributed by atoms with Crippen LogP contribution in [-0.2, 0) is 0 Å². The number of nitrogens with zero attached hydrogens (tertiary/aromatic N) is 1. The first kappa shape index (κ1) is 37.0. The highest BCUT2D eigenvalue weighted by Gasteiger charge is 2.25. The highest BCUT2D eigenvalue weighted by atomic mass is 15.3. The molecule has 1 heteroatoms. The minimum Gasteiger partial charge on any atom is -0.324 e. The molecule has 0 aliphatic heterocycles. The van der Waals surface area contributed by atoms with E-state index in [1.807, 2.05) is 0 Å². The molecule has 0 atom stereocenters. The average Bonchev–Trinajstić information content (AvgIpc) is 2.90. The molecule has 0 saturated carbocycles. The summed E-state index contributed by atoms with van der Waals surface area (Å²) in [5.41, 5.74) is 0. The predicted octanol–water partition coefficient (Wildman–Crippen LogP) is 12.8. The molecule has 37 heavy (non-hydrogen) atoms. The van der Waals surface area contributed by atoms with E-state index in [0.29, 0.717) is 0 Å². The first-order valence-electron chi connectivity index (χ1n) is 18.1. The Labute approximate surface area is 237 Å². The van der Waals surface area contributed by atoms with E-state index >= 15 is 0 Å². The van der Waals surface area contributed by atoms with Gasteiger partial charge >= 0.3 is 0 Å². The second-order valence-corrected chi connectivity index (χ2v) is 12.7. The lowest BCUT2D eigenvalue weighted by Crippen LogP contribution is -2.50. The molecule has 0 radical (unpaired) electrons. The van der Waals surface area contributed by atoms with Crippen molar-refractivity contribution >= 4 is 0 Å². The second-order valence-electron chi connectivity index (χ2n) is 12.7. The van der Waals surface area contributed by atoms with Gasteiger partial charge in [-0.25, -0.2) is 0 Å². The normalized spacial score (nSPS) is 12.0. The molecular weight excluding hydrogens is 446 g/mol. The summed E-state index contributed by atoms with van der Waals surface area (Å²) < 4.78 is 1.46. The molecule has 0 spiro atoms. The quantitative estimate of drug-likeness (QED) is 0.0608. The van der Waals surface area contributed by atoms with E-state index in [0.717, 1.165) is 0 Å². The van der Waals surface area contributed by atoms with Crippen molar-refractivity contribution in [3.05, 3.63) is 0 Å². The van der Waals surface area contributed by atoms with Gasteiger partial charge in [-0.1, -0.05) is 163 Å². The minimum absolute atomic E-state index is 1.37. The van der Waals surface area contributed by atoms with Gasteiger partial charge in [0, 0.05) is 0 Å². The van der Waals surface area contributed by atoms with Crippen LogP contribution in [0.15, 0.2) is 0 Å². The lowest BCUT2D eigenvalue weighted by molar-refractivity contribution is -0.929. The smallest absolute Gasteiger partial charge is 0.0786 e. The Morgan fingerprint density at radius 2 is 0.432 bits per heavy atom. The van der Waals surface area contributed by atoms with E-state index in [-0.39, 0.29) is 0 Å². The third kappa shape index (κ3) is 26.0. The van der Waals surface area contributed by atoms with Crippen molar-refractivity contribution in [2.45, 2.75) is 207 Å². The Hall–Kier alpha value is -0.0400. The second kappa shape index (κ2) is 30.5. The van der Waals surface area contributed by atoms with E-state index < -0.39 is 0 Å². The molecule has 0 rings (SSSR count). The van der Waals surface area contributed by atoms with Crippen LogP contribution in [0.5, 0.6) is 0 Å². The van der Waals surface area contributed by atoms with E-state index in [1.54, 1.807) is 0 Å². The zero-order valence-electron chi connectivity index (χ0n) is 27.1. The van der Waals surface area contributed by atoms with Crippen LogP contribution in [0, 0.1) is 0 Å². The van der Waals surface area contributed by atoms with Crippen LogP contribution in [0.2, 0.25) is 0 Å². The van der Waals surface area contributed by atoms with E-state index in [4.69, 9.17) is 0 Å². The lowest BCUT2D eigenvalue weighted by Gasteiger charge is -2.39. The molecule has 0 bridgehead atoms. The van der Waals surface area contributed by atoms with E-state index in [1.165, 1.54) is 210 Å². The summed E-state index contributed by atoms with van der Waals surface area (Å²) >= 11 is 0. The zero-order valence-corrected chi connectivity index (χ0v) is 27.1. The fourth-order valence-electron chi connectivity index (χ4n) is 6.42. The molecule has 0 aromatic carbocycles. The fraction of sp³-hybridized carbons (Fsp3) is 1.00. The Balaban J connectivity index is 4.37. The summed E-state index contributed by atoms with van der Waals surface area (Å²) in [6.07, 6.45) is 40.8. The summed E-state index contributed by atoms with van der Waals surface area (Å²) in [6.45, 7) is 15.3. The first-order chi connectivity index (χ1) is 18.2. The maximum atomic E-state index is 2.44. The molecule has 0 amide bonds. The molecular formula is C36H76N+. The van der Waals surface area contributed by atoms with Crippen LogP contribution in [0.4, 0.5) is 0 Å². The third-order valence-corrected chi connectivity index (χ3v) is 8.91. The van der Waals surface area contributed by atoms with Gasteiger partial charge in [-0.15, -0.1) is 0 Å². The number of hydrogen-bond donors (Lipinski definition) is 0. The van der Waals surface area contributed by atoms with E-state index in [2.05, 4.69) is 27.7 Å². The molecule has 0 saturated heterocycles. The summed E-state index contributed by atoms with van der Waals surface area (Å²) in [5.74, 6) is 0. The van der Waals surface area contributed by atoms with Gasteiger partial charge in [-0.3, -0.25) is 0 Å².